The Morgan fingerprint density at radius 1 is 1.15 bits per heavy atom. The van der Waals surface area contributed by atoms with Gasteiger partial charge in [0.1, 0.15) is 17.5 Å². The van der Waals surface area contributed by atoms with Crippen molar-refractivity contribution in [2.45, 2.75) is 12.8 Å². The molecule has 1 heterocycles. The van der Waals surface area contributed by atoms with Gasteiger partial charge in [-0.05, 0) is 0 Å². The van der Waals surface area contributed by atoms with Crippen LogP contribution >= 0.6 is 0 Å². The number of hydrogen-bond donors (Lipinski definition) is 2. The number of benzene rings is 1. The van der Waals surface area contributed by atoms with Gasteiger partial charge in [0.2, 0.25) is 5.95 Å². The zero-order chi connectivity index (χ0) is 14.9. The first kappa shape index (κ1) is 13.7. The van der Waals surface area contributed by atoms with Gasteiger partial charge in [-0.2, -0.15) is 10.2 Å². The van der Waals surface area contributed by atoms with Crippen molar-refractivity contribution in [3.05, 3.63) is 35.4 Å². The lowest BCUT2D eigenvalue weighted by Gasteiger charge is -2.11. The van der Waals surface area contributed by atoms with E-state index in [1.54, 1.807) is 0 Å². The van der Waals surface area contributed by atoms with E-state index in [0.717, 1.165) is 6.92 Å². The van der Waals surface area contributed by atoms with E-state index in [1.807, 2.05) is 6.07 Å². The summed E-state index contributed by atoms with van der Waals surface area (Å²) in [6.07, 6.45) is 0. The fourth-order valence-electron chi connectivity index (χ4n) is 1.74. The van der Waals surface area contributed by atoms with E-state index in [4.69, 9.17) is 16.7 Å². The number of nitrogen functional groups attached to an aromatic ring is 2. The highest BCUT2D eigenvalue weighted by molar-refractivity contribution is 5.73. The predicted octanol–water partition coefficient (Wildman–Crippen LogP) is 2.29. The summed E-state index contributed by atoms with van der Waals surface area (Å²) in [7, 11) is 0. The Bertz CT molecular complexity index is 684. The molecule has 0 aliphatic carbocycles. The molecule has 2 rings (SSSR count). The number of hydrogen-bond acceptors (Lipinski definition) is 5. The molecule has 0 saturated heterocycles. The molecule has 0 unspecified atom stereocenters. The summed E-state index contributed by atoms with van der Waals surface area (Å²) in [5.41, 5.74) is 11.7. The van der Waals surface area contributed by atoms with E-state index < -0.39 is 5.92 Å². The second-order valence-electron chi connectivity index (χ2n) is 4.27. The van der Waals surface area contributed by atoms with Crippen LogP contribution < -0.4 is 11.5 Å². The molecule has 1 aromatic carbocycles. The van der Waals surface area contributed by atoms with Crippen LogP contribution in [-0.4, -0.2) is 9.97 Å². The summed E-state index contributed by atoms with van der Waals surface area (Å²) < 4.78 is 26.3. The van der Waals surface area contributed by atoms with Gasteiger partial charge in [0, 0.05) is 18.1 Å². The molecule has 1 aromatic heterocycles. The molecule has 0 radical (unpaired) electrons. The molecule has 20 heavy (non-hydrogen) atoms. The van der Waals surface area contributed by atoms with E-state index >= 15 is 0 Å². The van der Waals surface area contributed by atoms with Crippen LogP contribution in [0.4, 0.5) is 20.5 Å². The minimum Gasteiger partial charge on any atom is -0.382 e. The maximum Gasteiger partial charge on any atom is 0.270 e. The minimum absolute atomic E-state index is 0.0418. The predicted molar refractivity (Wildman–Crippen MR) is 70.6 cm³/mol. The molecule has 102 valence electrons. The fourth-order valence-corrected chi connectivity index (χ4v) is 1.74. The van der Waals surface area contributed by atoms with E-state index in [-0.39, 0.29) is 28.6 Å². The van der Waals surface area contributed by atoms with Gasteiger partial charge < -0.3 is 11.5 Å². The van der Waals surface area contributed by atoms with Gasteiger partial charge in [-0.15, -0.1) is 0 Å². The maximum absolute atomic E-state index is 13.1. The number of rotatable bonds is 2. The summed E-state index contributed by atoms with van der Waals surface area (Å²) in [5.74, 6) is -3.05. The Morgan fingerprint density at radius 3 is 2.25 bits per heavy atom. The molecule has 0 amide bonds. The van der Waals surface area contributed by atoms with Crippen LogP contribution in [0.2, 0.25) is 0 Å². The lowest BCUT2D eigenvalue weighted by Crippen LogP contribution is -2.07. The zero-order valence-electron chi connectivity index (χ0n) is 10.6. The Balaban J connectivity index is 2.56. The second kappa shape index (κ2) is 4.74. The van der Waals surface area contributed by atoms with Gasteiger partial charge in [-0.25, -0.2) is 13.8 Å². The average Bonchev–Trinajstić information content (AvgIpc) is 2.37. The summed E-state index contributed by atoms with van der Waals surface area (Å²) in [4.78, 5) is 7.63. The van der Waals surface area contributed by atoms with E-state index in [0.29, 0.717) is 5.56 Å². The molecule has 0 bridgehead atoms. The van der Waals surface area contributed by atoms with Crippen molar-refractivity contribution in [2.24, 2.45) is 0 Å². The average molecular weight is 275 g/mol. The van der Waals surface area contributed by atoms with Crippen molar-refractivity contribution in [1.29, 1.82) is 5.26 Å². The van der Waals surface area contributed by atoms with E-state index in [1.165, 1.54) is 24.3 Å². The summed E-state index contributed by atoms with van der Waals surface area (Å²) in [5, 5.41) is 9.06. The van der Waals surface area contributed by atoms with Gasteiger partial charge in [0.15, 0.2) is 0 Å². The molecule has 0 fully saturated rings. The third-order valence-electron chi connectivity index (χ3n) is 2.73. The van der Waals surface area contributed by atoms with Crippen LogP contribution in [-0.2, 0) is 5.92 Å². The van der Waals surface area contributed by atoms with Crippen LogP contribution in [0.15, 0.2) is 24.3 Å². The molecule has 0 saturated carbocycles. The van der Waals surface area contributed by atoms with Crippen molar-refractivity contribution < 1.29 is 8.78 Å². The van der Waals surface area contributed by atoms with Crippen LogP contribution in [0.5, 0.6) is 0 Å². The number of aromatic nitrogens is 2. The Morgan fingerprint density at radius 2 is 1.75 bits per heavy atom. The van der Waals surface area contributed by atoms with Gasteiger partial charge in [-0.3, -0.25) is 0 Å². The van der Waals surface area contributed by atoms with Gasteiger partial charge >= 0.3 is 0 Å². The van der Waals surface area contributed by atoms with Crippen LogP contribution in [0, 0.1) is 11.3 Å². The number of nitrogens with two attached hydrogens (primary N) is 2. The smallest absolute Gasteiger partial charge is 0.270 e. The minimum atomic E-state index is -2.93. The highest BCUT2D eigenvalue weighted by Crippen LogP contribution is 2.30. The van der Waals surface area contributed by atoms with Gasteiger partial charge in [0.05, 0.1) is 5.69 Å². The zero-order valence-corrected chi connectivity index (χ0v) is 10.6. The maximum atomic E-state index is 13.1. The van der Waals surface area contributed by atoms with Crippen molar-refractivity contribution in [1.82, 2.24) is 9.97 Å². The Labute approximate surface area is 113 Å². The van der Waals surface area contributed by atoms with E-state index in [2.05, 4.69) is 9.97 Å². The van der Waals surface area contributed by atoms with Crippen molar-refractivity contribution in [3.8, 4) is 17.3 Å². The first-order chi connectivity index (χ1) is 9.32. The largest absolute Gasteiger partial charge is 0.382 e. The standard InChI is InChI=1S/C13H11F2N5/c1-13(14,15)8-4-2-7(3-5-8)10-9(6-16)11(17)20-12(18)19-10/h2-5H,1H3,(H4,17,18,19,20). The number of halogens is 2. The lowest BCUT2D eigenvalue weighted by atomic mass is 10.0. The quantitative estimate of drug-likeness (QED) is 0.875. The van der Waals surface area contributed by atoms with Gasteiger partial charge in [-0.1, -0.05) is 24.3 Å². The SMILES string of the molecule is CC(F)(F)c1ccc(-c2nc(N)nc(N)c2C#N)cc1. The van der Waals surface area contributed by atoms with Crippen LogP contribution in [0.3, 0.4) is 0 Å². The highest BCUT2D eigenvalue weighted by atomic mass is 19.3. The monoisotopic (exact) mass is 275 g/mol. The molecule has 7 heteroatoms. The van der Waals surface area contributed by atoms with Crippen molar-refractivity contribution in [3.63, 3.8) is 0 Å². The van der Waals surface area contributed by atoms with Crippen molar-refractivity contribution >= 4 is 11.8 Å². The molecular formula is C13H11F2N5. The molecule has 0 aliphatic rings. The summed E-state index contributed by atoms with van der Waals surface area (Å²) in [6.45, 7) is 0.809. The number of alkyl halides is 2. The molecule has 0 atom stereocenters. The summed E-state index contributed by atoms with van der Waals surface area (Å²) >= 11 is 0. The normalized spacial score (nSPS) is 11.1. The van der Waals surface area contributed by atoms with Gasteiger partial charge in [0.25, 0.3) is 5.92 Å². The molecule has 5 nitrogen and oxygen atoms in total. The third kappa shape index (κ3) is 2.49. The molecule has 0 spiro atoms. The van der Waals surface area contributed by atoms with Crippen LogP contribution in [0.1, 0.15) is 18.1 Å². The first-order valence-electron chi connectivity index (χ1n) is 5.64. The Kier molecular flexibility index (Phi) is 3.24. The number of nitrogens with zero attached hydrogens (tertiary/aromatic N) is 3. The highest BCUT2D eigenvalue weighted by Gasteiger charge is 2.24. The topological polar surface area (TPSA) is 102 Å². The van der Waals surface area contributed by atoms with Crippen LogP contribution in [0.25, 0.3) is 11.3 Å². The first-order valence-corrected chi connectivity index (χ1v) is 5.64. The number of nitriles is 1. The molecular weight excluding hydrogens is 264 g/mol. The van der Waals surface area contributed by atoms with E-state index in [9.17, 15) is 8.78 Å². The molecule has 2 aromatic rings. The molecule has 0 aliphatic heterocycles. The fraction of sp³-hybridized carbons (Fsp3) is 0.154. The van der Waals surface area contributed by atoms with Crippen molar-refractivity contribution in [2.75, 3.05) is 11.5 Å². The third-order valence-corrected chi connectivity index (χ3v) is 2.73. The summed E-state index contributed by atoms with van der Waals surface area (Å²) in [6, 6.07) is 7.30. The molecule has 4 N–H and O–H groups in total. The Hall–Kier alpha value is -2.75. The number of anilines is 2. The lowest BCUT2D eigenvalue weighted by molar-refractivity contribution is 0.0175. The second-order valence-corrected chi connectivity index (χ2v) is 4.27.